The lowest BCUT2D eigenvalue weighted by Crippen LogP contribution is -2.65. The van der Waals surface area contributed by atoms with E-state index in [9.17, 15) is 4.39 Å². The van der Waals surface area contributed by atoms with Gasteiger partial charge in [0.2, 0.25) is 0 Å². The van der Waals surface area contributed by atoms with Gasteiger partial charge in [0.25, 0.3) is 0 Å². The third-order valence-corrected chi connectivity index (χ3v) is 4.88. The maximum absolute atomic E-state index is 14.3. The standard InChI is InChI=1S/C12H18FN/c1-2-12(14)9-3-8-4-10(12)7-11(13,5-8)6-9/h2,8-10H,1,3-7,14H2/t8-,9-,10?,11-,12+/m0/s1. The Bertz CT molecular complexity index is 270. The molecule has 0 heterocycles. The Hall–Kier alpha value is -0.370. The molecule has 0 spiro atoms. The summed E-state index contributed by atoms with van der Waals surface area (Å²) in [4.78, 5) is 0. The van der Waals surface area contributed by atoms with E-state index in [2.05, 4.69) is 6.58 Å². The molecule has 0 aromatic heterocycles. The van der Waals surface area contributed by atoms with Crippen LogP contribution in [0.2, 0.25) is 0 Å². The van der Waals surface area contributed by atoms with Crippen LogP contribution in [0.3, 0.4) is 0 Å². The summed E-state index contributed by atoms with van der Waals surface area (Å²) in [5.41, 5.74) is 5.23. The van der Waals surface area contributed by atoms with E-state index < -0.39 is 5.67 Å². The first-order valence-electron chi connectivity index (χ1n) is 5.67. The fraction of sp³-hybridized carbons (Fsp3) is 0.833. The number of halogens is 1. The highest BCUT2D eigenvalue weighted by Gasteiger charge is 2.60. The highest BCUT2D eigenvalue weighted by Crippen LogP contribution is 2.60. The fourth-order valence-corrected chi connectivity index (χ4v) is 4.31. The second-order valence-corrected chi connectivity index (χ2v) is 5.70. The average molecular weight is 195 g/mol. The van der Waals surface area contributed by atoms with Crippen LogP contribution in [0, 0.1) is 17.8 Å². The van der Waals surface area contributed by atoms with Gasteiger partial charge in [-0.2, -0.15) is 0 Å². The number of nitrogens with two attached hydrogens (primary N) is 1. The van der Waals surface area contributed by atoms with Crippen molar-refractivity contribution in [2.75, 3.05) is 0 Å². The first-order chi connectivity index (χ1) is 6.56. The molecular formula is C12H18FN. The molecule has 78 valence electrons. The number of hydrogen-bond donors (Lipinski definition) is 1. The molecule has 0 radical (unpaired) electrons. The minimum absolute atomic E-state index is 0.257. The number of rotatable bonds is 1. The summed E-state index contributed by atoms with van der Waals surface area (Å²) in [6.45, 7) is 3.85. The summed E-state index contributed by atoms with van der Waals surface area (Å²) in [6, 6.07) is 0. The lowest BCUT2D eigenvalue weighted by Gasteiger charge is -2.60. The summed E-state index contributed by atoms with van der Waals surface area (Å²) >= 11 is 0. The van der Waals surface area contributed by atoms with E-state index in [-0.39, 0.29) is 5.54 Å². The summed E-state index contributed by atoms with van der Waals surface area (Å²) in [7, 11) is 0. The van der Waals surface area contributed by atoms with Gasteiger partial charge >= 0.3 is 0 Å². The quantitative estimate of drug-likeness (QED) is 0.639. The van der Waals surface area contributed by atoms with Crippen LogP contribution in [0.5, 0.6) is 0 Å². The topological polar surface area (TPSA) is 26.0 Å². The molecule has 4 aliphatic carbocycles. The van der Waals surface area contributed by atoms with Crippen molar-refractivity contribution in [2.24, 2.45) is 23.5 Å². The molecule has 0 amide bonds. The summed E-state index contributed by atoms with van der Waals surface area (Å²) in [6.07, 6.45) is 6.32. The molecular weight excluding hydrogens is 177 g/mol. The molecule has 0 aromatic carbocycles. The molecule has 5 atom stereocenters. The summed E-state index contributed by atoms with van der Waals surface area (Å²) in [5.74, 6) is 1.32. The molecule has 4 bridgehead atoms. The van der Waals surface area contributed by atoms with Crippen molar-refractivity contribution in [1.29, 1.82) is 0 Å². The minimum Gasteiger partial charge on any atom is -0.321 e. The van der Waals surface area contributed by atoms with Gasteiger partial charge in [-0.25, -0.2) is 4.39 Å². The van der Waals surface area contributed by atoms with Crippen molar-refractivity contribution in [2.45, 2.75) is 43.3 Å². The number of alkyl halides is 1. The molecule has 1 unspecified atom stereocenters. The zero-order valence-corrected chi connectivity index (χ0v) is 8.51. The maximum atomic E-state index is 14.3. The SMILES string of the molecule is C=C[C@]1(N)C2C[C@@H]3C[C@H]1C[C@](F)(C2)C3. The van der Waals surface area contributed by atoms with Gasteiger partial charge in [-0.05, 0) is 49.9 Å². The Morgan fingerprint density at radius 2 is 1.79 bits per heavy atom. The molecule has 0 aliphatic heterocycles. The molecule has 2 N–H and O–H groups in total. The van der Waals surface area contributed by atoms with Crippen LogP contribution in [-0.4, -0.2) is 11.2 Å². The first-order valence-corrected chi connectivity index (χ1v) is 5.67. The molecule has 4 fully saturated rings. The van der Waals surface area contributed by atoms with Crippen LogP contribution in [0.4, 0.5) is 4.39 Å². The van der Waals surface area contributed by atoms with E-state index in [0.717, 1.165) is 19.3 Å². The molecule has 2 heteroatoms. The normalized spacial score (nSPS) is 60.3. The van der Waals surface area contributed by atoms with E-state index in [1.54, 1.807) is 0 Å². The second-order valence-electron chi connectivity index (χ2n) is 5.70. The largest absolute Gasteiger partial charge is 0.321 e. The molecule has 4 aliphatic rings. The van der Waals surface area contributed by atoms with Crippen LogP contribution in [0.1, 0.15) is 32.1 Å². The molecule has 14 heavy (non-hydrogen) atoms. The maximum Gasteiger partial charge on any atom is 0.112 e. The highest BCUT2D eigenvalue weighted by atomic mass is 19.1. The monoisotopic (exact) mass is 195 g/mol. The van der Waals surface area contributed by atoms with E-state index in [1.165, 1.54) is 0 Å². The third-order valence-electron chi connectivity index (χ3n) is 4.88. The van der Waals surface area contributed by atoms with Crippen LogP contribution in [-0.2, 0) is 0 Å². The van der Waals surface area contributed by atoms with E-state index in [4.69, 9.17) is 5.73 Å². The zero-order chi connectivity index (χ0) is 9.97. The van der Waals surface area contributed by atoms with Gasteiger partial charge in [-0.1, -0.05) is 6.08 Å². The van der Waals surface area contributed by atoms with Crippen molar-refractivity contribution in [3.05, 3.63) is 12.7 Å². The van der Waals surface area contributed by atoms with Gasteiger partial charge in [0.05, 0.1) is 0 Å². The molecule has 4 saturated carbocycles. The van der Waals surface area contributed by atoms with Gasteiger partial charge < -0.3 is 5.73 Å². The van der Waals surface area contributed by atoms with Crippen molar-refractivity contribution < 1.29 is 4.39 Å². The second kappa shape index (κ2) is 2.41. The van der Waals surface area contributed by atoms with Crippen LogP contribution in [0.25, 0.3) is 0 Å². The van der Waals surface area contributed by atoms with Gasteiger partial charge in [0, 0.05) is 5.54 Å². The highest BCUT2D eigenvalue weighted by molar-refractivity contribution is 5.20. The number of hydrogen-bond acceptors (Lipinski definition) is 1. The smallest absolute Gasteiger partial charge is 0.112 e. The lowest BCUT2D eigenvalue weighted by molar-refractivity contribution is -0.106. The Morgan fingerprint density at radius 1 is 1.21 bits per heavy atom. The Balaban J connectivity index is 2.00. The third kappa shape index (κ3) is 0.928. The van der Waals surface area contributed by atoms with Crippen LogP contribution in [0.15, 0.2) is 12.7 Å². The Kier molecular flexibility index (Phi) is 1.53. The van der Waals surface area contributed by atoms with Crippen molar-refractivity contribution in [3.8, 4) is 0 Å². The predicted octanol–water partition coefficient (Wildman–Crippen LogP) is 2.42. The molecule has 4 rings (SSSR count). The lowest BCUT2D eigenvalue weighted by atomic mass is 9.48. The summed E-state index contributed by atoms with van der Waals surface area (Å²) in [5, 5.41) is 0. The minimum atomic E-state index is -0.873. The van der Waals surface area contributed by atoms with Gasteiger partial charge in [0.15, 0.2) is 0 Å². The van der Waals surface area contributed by atoms with Gasteiger partial charge in [-0.3, -0.25) is 0 Å². The van der Waals surface area contributed by atoms with Gasteiger partial charge in [0.1, 0.15) is 5.67 Å². The molecule has 1 nitrogen and oxygen atoms in total. The Morgan fingerprint density at radius 3 is 2.21 bits per heavy atom. The van der Waals surface area contributed by atoms with Gasteiger partial charge in [-0.15, -0.1) is 6.58 Å². The summed E-state index contributed by atoms with van der Waals surface area (Å²) < 4.78 is 14.3. The zero-order valence-electron chi connectivity index (χ0n) is 8.51. The van der Waals surface area contributed by atoms with Crippen molar-refractivity contribution in [1.82, 2.24) is 0 Å². The fourth-order valence-electron chi connectivity index (χ4n) is 4.31. The van der Waals surface area contributed by atoms with Crippen molar-refractivity contribution in [3.63, 3.8) is 0 Å². The molecule has 0 aromatic rings. The Labute approximate surface area is 84.6 Å². The van der Waals surface area contributed by atoms with E-state index in [1.807, 2.05) is 6.08 Å². The van der Waals surface area contributed by atoms with Crippen LogP contribution < -0.4 is 5.73 Å². The average Bonchev–Trinajstić information content (AvgIpc) is 2.11. The first kappa shape index (κ1) is 8.90. The van der Waals surface area contributed by atoms with Crippen molar-refractivity contribution >= 4 is 0 Å². The molecule has 0 saturated heterocycles. The van der Waals surface area contributed by atoms with Crippen LogP contribution >= 0.6 is 0 Å². The van der Waals surface area contributed by atoms with E-state index >= 15 is 0 Å². The predicted molar refractivity (Wildman–Crippen MR) is 54.5 cm³/mol. The van der Waals surface area contributed by atoms with E-state index in [0.29, 0.717) is 30.6 Å².